The summed E-state index contributed by atoms with van der Waals surface area (Å²) < 4.78 is 10.3. The van der Waals surface area contributed by atoms with E-state index < -0.39 is 5.60 Å². The highest BCUT2D eigenvalue weighted by Crippen LogP contribution is 2.26. The summed E-state index contributed by atoms with van der Waals surface area (Å²) in [6, 6.07) is 0. The number of carbonyl (C=O) groups excluding carboxylic acids is 2. The zero-order chi connectivity index (χ0) is 18.4. The Morgan fingerprint density at radius 2 is 1.60 bits per heavy atom. The first-order chi connectivity index (χ1) is 12.1. The van der Waals surface area contributed by atoms with Gasteiger partial charge in [-0.25, -0.2) is 0 Å². The van der Waals surface area contributed by atoms with E-state index in [1.165, 1.54) is 57.8 Å². The summed E-state index contributed by atoms with van der Waals surface area (Å²) in [5.41, 5.74) is -1.01. The monoisotopic (exact) mass is 356 g/mol. The lowest BCUT2D eigenvalue weighted by Gasteiger charge is -2.24. The fraction of sp³-hybridized carbons (Fsp3) is 0.900. The minimum Gasteiger partial charge on any atom is -0.461 e. The molecule has 0 aliphatic carbocycles. The van der Waals surface area contributed by atoms with Crippen LogP contribution in [-0.4, -0.2) is 35.9 Å². The average Bonchev–Trinajstić information content (AvgIpc) is 2.99. The molecule has 0 aromatic rings. The Morgan fingerprint density at radius 3 is 2.08 bits per heavy atom. The predicted octanol–water partition coefficient (Wildman–Crippen LogP) is 4.30. The molecule has 1 N–H and O–H groups in total. The average molecular weight is 357 g/mol. The first-order valence-electron chi connectivity index (χ1n) is 10.1. The van der Waals surface area contributed by atoms with E-state index in [1.807, 2.05) is 0 Å². The van der Waals surface area contributed by atoms with Gasteiger partial charge in [-0.05, 0) is 6.42 Å². The van der Waals surface area contributed by atoms with Crippen LogP contribution < -0.4 is 0 Å². The lowest BCUT2D eigenvalue weighted by atomic mass is 10.0. The van der Waals surface area contributed by atoms with Gasteiger partial charge in [-0.1, -0.05) is 71.1 Å². The second-order valence-corrected chi connectivity index (χ2v) is 7.26. The number of ether oxygens (including phenoxy) is 2. The van der Waals surface area contributed by atoms with Gasteiger partial charge in [0.1, 0.15) is 6.61 Å². The second-order valence-electron chi connectivity index (χ2n) is 7.26. The van der Waals surface area contributed by atoms with Gasteiger partial charge in [0.2, 0.25) is 0 Å². The summed E-state index contributed by atoms with van der Waals surface area (Å²) in [7, 11) is 0. The van der Waals surface area contributed by atoms with Crippen LogP contribution in [0.3, 0.4) is 0 Å². The number of rotatable bonds is 15. The van der Waals surface area contributed by atoms with Crippen molar-refractivity contribution in [3.8, 4) is 0 Å². The van der Waals surface area contributed by atoms with E-state index in [9.17, 15) is 14.7 Å². The Morgan fingerprint density at radius 1 is 1.04 bits per heavy atom. The van der Waals surface area contributed by atoms with Gasteiger partial charge in [0.05, 0.1) is 6.61 Å². The number of unbranched alkanes of at least 4 members (excludes halogenated alkanes) is 10. The molecule has 1 fully saturated rings. The maximum atomic E-state index is 11.8. The van der Waals surface area contributed by atoms with Gasteiger partial charge in [0.15, 0.2) is 5.60 Å². The first kappa shape index (κ1) is 21.9. The standard InChI is InChI=1S/C20H36O5/c1-2-3-4-5-6-7-8-9-10-11-12-13-18(22)24-17-20(16-21)15-14-19(23)25-20/h21H,2-17H2,1H3/t20-/m1/s1. The van der Waals surface area contributed by atoms with E-state index in [4.69, 9.17) is 9.47 Å². The summed E-state index contributed by atoms with van der Waals surface area (Å²) in [6.07, 6.45) is 14.7. The molecule has 1 saturated heterocycles. The summed E-state index contributed by atoms with van der Waals surface area (Å²) >= 11 is 0. The molecule has 25 heavy (non-hydrogen) atoms. The lowest BCUT2D eigenvalue weighted by Crippen LogP contribution is -2.39. The number of esters is 2. The molecule has 1 rings (SSSR count). The quantitative estimate of drug-likeness (QED) is 0.350. The van der Waals surface area contributed by atoms with Crippen molar-refractivity contribution in [3.63, 3.8) is 0 Å². The molecule has 0 unspecified atom stereocenters. The van der Waals surface area contributed by atoms with Crippen LogP contribution in [0.15, 0.2) is 0 Å². The van der Waals surface area contributed by atoms with Gasteiger partial charge < -0.3 is 14.6 Å². The summed E-state index contributed by atoms with van der Waals surface area (Å²) in [5, 5.41) is 9.36. The summed E-state index contributed by atoms with van der Waals surface area (Å²) in [5.74, 6) is -0.609. The molecule has 5 nitrogen and oxygen atoms in total. The zero-order valence-corrected chi connectivity index (χ0v) is 15.9. The van der Waals surface area contributed by atoms with Crippen molar-refractivity contribution in [3.05, 3.63) is 0 Å². The predicted molar refractivity (Wildman–Crippen MR) is 97.2 cm³/mol. The zero-order valence-electron chi connectivity index (χ0n) is 15.9. The third-order valence-corrected chi connectivity index (χ3v) is 4.88. The van der Waals surface area contributed by atoms with Crippen molar-refractivity contribution >= 4 is 11.9 Å². The van der Waals surface area contributed by atoms with E-state index in [2.05, 4.69) is 6.92 Å². The number of hydrogen-bond acceptors (Lipinski definition) is 5. The highest BCUT2D eigenvalue weighted by molar-refractivity contribution is 5.72. The van der Waals surface area contributed by atoms with Crippen LogP contribution in [0, 0.1) is 0 Å². The Bertz CT molecular complexity index is 382. The van der Waals surface area contributed by atoms with E-state index >= 15 is 0 Å². The van der Waals surface area contributed by atoms with E-state index in [-0.39, 0.29) is 31.6 Å². The molecule has 0 bridgehead atoms. The Balaban J connectivity index is 1.93. The van der Waals surface area contributed by atoms with Gasteiger partial charge in [-0.15, -0.1) is 0 Å². The fourth-order valence-corrected chi connectivity index (χ4v) is 3.15. The van der Waals surface area contributed by atoms with Crippen LogP contribution in [0.1, 0.15) is 96.8 Å². The fourth-order valence-electron chi connectivity index (χ4n) is 3.15. The van der Waals surface area contributed by atoms with Crippen LogP contribution >= 0.6 is 0 Å². The van der Waals surface area contributed by atoms with E-state index in [0.717, 1.165) is 12.8 Å². The van der Waals surface area contributed by atoms with Crippen molar-refractivity contribution in [2.45, 2.75) is 102 Å². The number of aliphatic hydroxyl groups is 1. The van der Waals surface area contributed by atoms with Gasteiger partial charge in [0.25, 0.3) is 0 Å². The number of carbonyl (C=O) groups is 2. The number of aliphatic hydroxyl groups excluding tert-OH is 1. The third-order valence-electron chi connectivity index (χ3n) is 4.88. The maximum Gasteiger partial charge on any atom is 0.306 e. The first-order valence-corrected chi connectivity index (χ1v) is 10.1. The second kappa shape index (κ2) is 13.2. The third kappa shape index (κ3) is 9.83. The van der Waals surface area contributed by atoms with Gasteiger partial charge in [-0.2, -0.15) is 0 Å². The van der Waals surface area contributed by atoms with Crippen LogP contribution in [0.2, 0.25) is 0 Å². The molecule has 1 aliphatic heterocycles. The maximum absolute atomic E-state index is 11.8. The molecule has 1 aliphatic rings. The molecule has 0 aromatic carbocycles. The Hall–Kier alpha value is -1.10. The molecule has 0 saturated carbocycles. The molecule has 5 heteroatoms. The summed E-state index contributed by atoms with van der Waals surface area (Å²) in [6.45, 7) is 1.90. The van der Waals surface area contributed by atoms with Crippen molar-refractivity contribution < 1.29 is 24.2 Å². The van der Waals surface area contributed by atoms with Crippen molar-refractivity contribution in [2.75, 3.05) is 13.2 Å². The highest BCUT2D eigenvalue weighted by Gasteiger charge is 2.41. The van der Waals surface area contributed by atoms with Gasteiger partial charge in [0, 0.05) is 19.3 Å². The van der Waals surface area contributed by atoms with Crippen LogP contribution in [-0.2, 0) is 19.1 Å². The number of hydrogen-bond donors (Lipinski definition) is 1. The molecule has 0 aromatic heterocycles. The topological polar surface area (TPSA) is 72.8 Å². The SMILES string of the molecule is CCCCCCCCCCCCCC(=O)OC[C@]1(CO)CCC(=O)O1. The normalized spacial score (nSPS) is 19.8. The molecular weight excluding hydrogens is 320 g/mol. The summed E-state index contributed by atoms with van der Waals surface area (Å²) in [4.78, 5) is 22.9. The smallest absolute Gasteiger partial charge is 0.306 e. The van der Waals surface area contributed by atoms with Crippen LogP contribution in [0.5, 0.6) is 0 Å². The Kier molecular flexibility index (Phi) is 11.5. The largest absolute Gasteiger partial charge is 0.461 e. The van der Waals surface area contributed by atoms with Crippen LogP contribution in [0.25, 0.3) is 0 Å². The van der Waals surface area contributed by atoms with E-state index in [0.29, 0.717) is 12.8 Å². The van der Waals surface area contributed by atoms with Crippen molar-refractivity contribution in [2.24, 2.45) is 0 Å². The lowest BCUT2D eigenvalue weighted by molar-refractivity contribution is -0.166. The molecule has 1 heterocycles. The Labute approximate surface area is 152 Å². The molecule has 0 amide bonds. The molecular formula is C20H36O5. The molecule has 1 atom stereocenters. The number of cyclic esters (lactones) is 1. The minimum absolute atomic E-state index is 0.0356. The van der Waals surface area contributed by atoms with E-state index in [1.54, 1.807) is 0 Å². The van der Waals surface area contributed by atoms with Crippen LogP contribution in [0.4, 0.5) is 0 Å². The molecule has 0 spiro atoms. The molecule has 0 radical (unpaired) electrons. The van der Waals surface area contributed by atoms with Gasteiger partial charge >= 0.3 is 11.9 Å². The minimum atomic E-state index is -1.01. The van der Waals surface area contributed by atoms with Crippen molar-refractivity contribution in [1.82, 2.24) is 0 Å². The van der Waals surface area contributed by atoms with Gasteiger partial charge in [-0.3, -0.25) is 9.59 Å². The molecule has 146 valence electrons. The highest BCUT2D eigenvalue weighted by atomic mass is 16.6. The van der Waals surface area contributed by atoms with Crippen molar-refractivity contribution in [1.29, 1.82) is 0 Å².